The van der Waals surface area contributed by atoms with E-state index in [4.69, 9.17) is 0 Å². The molecule has 16 heavy (non-hydrogen) atoms. The van der Waals surface area contributed by atoms with Gasteiger partial charge in [0, 0.05) is 23.9 Å². The number of carbonyl (C=O) groups is 2. The van der Waals surface area contributed by atoms with Gasteiger partial charge in [-0.25, -0.2) is 0 Å². The van der Waals surface area contributed by atoms with Gasteiger partial charge >= 0.3 is 5.97 Å². The van der Waals surface area contributed by atoms with E-state index in [0.717, 1.165) is 12.0 Å². The molecule has 0 amide bonds. The summed E-state index contributed by atoms with van der Waals surface area (Å²) in [4.78, 5) is 27.2. The molecular weight excluding hydrogens is 206 g/mol. The van der Waals surface area contributed by atoms with Gasteiger partial charge in [-0.2, -0.15) is 0 Å². The summed E-state index contributed by atoms with van der Waals surface area (Å²) in [7, 11) is 1.34. The molecule has 0 aliphatic heterocycles. The molecule has 0 saturated carbocycles. The zero-order valence-corrected chi connectivity index (χ0v) is 9.10. The van der Waals surface area contributed by atoms with Gasteiger partial charge in [0.25, 0.3) is 0 Å². The molecule has 1 aliphatic carbocycles. The number of esters is 1. The third-order valence-electron chi connectivity index (χ3n) is 2.94. The van der Waals surface area contributed by atoms with E-state index in [-0.39, 0.29) is 24.1 Å². The molecule has 0 saturated heterocycles. The topological polar surface area (TPSA) is 56.3 Å². The lowest BCUT2D eigenvalue weighted by Gasteiger charge is -2.21. The molecule has 0 bridgehead atoms. The van der Waals surface area contributed by atoms with E-state index in [0.29, 0.717) is 12.0 Å². The summed E-state index contributed by atoms with van der Waals surface area (Å²) in [5.41, 5.74) is 1.68. The highest BCUT2D eigenvalue weighted by Crippen LogP contribution is 2.26. The van der Waals surface area contributed by atoms with Gasteiger partial charge in [-0.15, -0.1) is 0 Å². The Balaban J connectivity index is 2.18. The van der Waals surface area contributed by atoms with Gasteiger partial charge in [-0.1, -0.05) is 0 Å². The maximum absolute atomic E-state index is 12.0. The van der Waals surface area contributed by atoms with Crippen LogP contribution in [0.15, 0.2) is 18.5 Å². The summed E-state index contributed by atoms with van der Waals surface area (Å²) in [5, 5.41) is 0. The van der Waals surface area contributed by atoms with E-state index in [1.807, 2.05) is 0 Å². The minimum absolute atomic E-state index is 0.0362. The van der Waals surface area contributed by atoms with Crippen LogP contribution < -0.4 is 0 Å². The summed E-state index contributed by atoms with van der Waals surface area (Å²) in [6, 6.07) is 1.72. The van der Waals surface area contributed by atoms with Crippen LogP contribution in [-0.2, 0) is 16.0 Å². The Morgan fingerprint density at radius 1 is 1.62 bits per heavy atom. The molecular formula is C12H13NO3. The van der Waals surface area contributed by atoms with Crippen molar-refractivity contribution in [2.75, 3.05) is 7.11 Å². The van der Waals surface area contributed by atoms with E-state index in [1.54, 1.807) is 18.5 Å². The first-order valence-corrected chi connectivity index (χ1v) is 5.26. The average Bonchev–Trinajstić information content (AvgIpc) is 2.33. The first kappa shape index (κ1) is 10.8. The van der Waals surface area contributed by atoms with Crippen LogP contribution in [-0.4, -0.2) is 23.8 Å². The van der Waals surface area contributed by atoms with Crippen LogP contribution in [0.3, 0.4) is 0 Å². The van der Waals surface area contributed by atoms with Gasteiger partial charge in [0.05, 0.1) is 13.5 Å². The molecule has 0 N–H and O–H groups in total. The molecule has 1 unspecified atom stereocenters. The number of carbonyl (C=O) groups excluding carboxylic acids is 2. The van der Waals surface area contributed by atoms with E-state index < -0.39 is 0 Å². The fraction of sp³-hybridized carbons (Fsp3) is 0.417. The molecule has 1 heterocycles. The second-order valence-corrected chi connectivity index (χ2v) is 3.91. The number of Topliss-reactive ketones (excluding diaryl/α,β-unsaturated/α-hetero) is 1. The number of nitrogens with zero attached hydrogens (tertiary/aromatic N) is 1. The largest absolute Gasteiger partial charge is 0.469 e. The fourth-order valence-electron chi connectivity index (χ4n) is 2.03. The lowest BCUT2D eigenvalue weighted by atomic mass is 9.82. The Labute approximate surface area is 93.6 Å². The van der Waals surface area contributed by atoms with Crippen LogP contribution in [0, 0.1) is 5.92 Å². The maximum atomic E-state index is 12.0. The van der Waals surface area contributed by atoms with Crippen LogP contribution in [0.1, 0.15) is 28.8 Å². The van der Waals surface area contributed by atoms with Crippen LogP contribution in [0.25, 0.3) is 0 Å². The first-order valence-electron chi connectivity index (χ1n) is 5.26. The highest BCUT2D eigenvalue weighted by molar-refractivity contribution is 6.01. The van der Waals surface area contributed by atoms with E-state index in [1.165, 1.54) is 7.11 Å². The zero-order chi connectivity index (χ0) is 11.5. The number of ketones is 1. The molecule has 0 fully saturated rings. The SMILES string of the molecule is COC(=O)CC1CCc2cnccc2C1=O. The molecule has 0 aromatic carbocycles. The summed E-state index contributed by atoms with van der Waals surface area (Å²) in [6.45, 7) is 0. The monoisotopic (exact) mass is 219 g/mol. The van der Waals surface area contributed by atoms with Gasteiger partial charge in [0.1, 0.15) is 0 Å². The number of fused-ring (bicyclic) bond motifs is 1. The Morgan fingerprint density at radius 3 is 3.19 bits per heavy atom. The minimum Gasteiger partial charge on any atom is -0.469 e. The third-order valence-corrected chi connectivity index (χ3v) is 2.94. The normalized spacial score (nSPS) is 19.1. The highest BCUT2D eigenvalue weighted by Gasteiger charge is 2.29. The van der Waals surface area contributed by atoms with E-state index >= 15 is 0 Å². The number of pyridine rings is 1. The molecule has 1 aromatic heterocycles. The number of ether oxygens (including phenoxy) is 1. The van der Waals surface area contributed by atoms with Gasteiger partial charge in [0.15, 0.2) is 5.78 Å². The number of hydrogen-bond donors (Lipinski definition) is 0. The summed E-state index contributed by atoms with van der Waals surface area (Å²) < 4.78 is 4.59. The lowest BCUT2D eigenvalue weighted by Crippen LogP contribution is -2.25. The Morgan fingerprint density at radius 2 is 2.44 bits per heavy atom. The Bertz CT molecular complexity index is 428. The summed E-state index contributed by atoms with van der Waals surface area (Å²) in [5.74, 6) is -0.521. The summed E-state index contributed by atoms with van der Waals surface area (Å²) in [6.07, 6.45) is 5.01. The molecule has 0 spiro atoms. The Kier molecular flexibility index (Phi) is 2.99. The number of aromatic nitrogens is 1. The number of hydrogen-bond acceptors (Lipinski definition) is 4. The van der Waals surface area contributed by atoms with Gasteiger partial charge in [-0.3, -0.25) is 14.6 Å². The van der Waals surface area contributed by atoms with Crippen molar-refractivity contribution in [2.45, 2.75) is 19.3 Å². The van der Waals surface area contributed by atoms with Gasteiger partial charge in [-0.05, 0) is 24.5 Å². The van der Waals surface area contributed by atoms with Crippen LogP contribution in [0.2, 0.25) is 0 Å². The van der Waals surface area contributed by atoms with Crippen molar-refractivity contribution < 1.29 is 14.3 Å². The van der Waals surface area contributed by atoms with Crippen molar-refractivity contribution in [1.29, 1.82) is 0 Å². The highest BCUT2D eigenvalue weighted by atomic mass is 16.5. The molecule has 4 heteroatoms. The third kappa shape index (κ3) is 1.96. The minimum atomic E-state index is -0.323. The Hall–Kier alpha value is -1.71. The predicted octanol–water partition coefficient (Wildman–Crippen LogP) is 1.39. The van der Waals surface area contributed by atoms with E-state index in [9.17, 15) is 9.59 Å². The molecule has 0 radical (unpaired) electrons. The molecule has 1 atom stereocenters. The maximum Gasteiger partial charge on any atom is 0.306 e. The first-order chi connectivity index (χ1) is 7.72. The molecule has 1 aromatic rings. The van der Waals surface area contributed by atoms with Crippen LogP contribution in [0.5, 0.6) is 0 Å². The number of aryl methyl sites for hydroxylation is 1. The van der Waals surface area contributed by atoms with Crippen molar-refractivity contribution in [3.8, 4) is 0 Å². The van der Waals surface area contributed by atoms with Crippen molar-refractivity contribution >= 4 is 11.8 Å². The smallest absolute Gasteiger partial charge is 0.306 e. The predicted molar refractivity (Wildman–Crippen MR) is 57.0 cm³/mol. The van der Waals surface area contributed by atoms with Crippen molar-refractivity contribution in [1.82, 2.24) is 4.98 Å². The van der Waals surface area contributed by atoms with Crippen molar-refractivity contribution in [2.24, 2.45) is 5.92 Å². The van der Waals surface area contributed by atoms with Crippen molar-refractivity contribution in [3.63, 3.8) is 0 Å². The number of methoxy groups -OCH3 is 1. The molecule has 2 rings (SSSR count). The van der Waals surface area contributed by atoms with Crippen LogP contribution in [0.4, 0.5) is 0 Å². The van der Waals surface area contributed by atoms with Gasteiger partial charge in [0.2, 0.25) is 0 Å². The second kappa shape index (κ2) is 4.43. The lowest BCUT2D eigenvalue weighted by molar-refractivity contribution is -0.141. The zero-order valence-electron chi connectivity index (χ0n) is 9.10. The summed E-state index contributed by atoms with van der Waals surface area (Å²) >= 11 is 0. The van der Waals surface area contributed by atoms with E-state index in [2.05, 4.69) is 9.72 Å². The van der Waals surface area contributed by atoms with Gasteiger partial charge < -0.3 is 4.74 Å². The standard InChI is InChI=1S/C12H13NO3/c1-16-11(14)6-8-2-3-9-7-13-5-4-10(9)12(8)15/h4-5,7-8H,2-3,6H2,1H3. The molecule has 1 aliphatic rings. The second-order valence-electron chi connectivity index (χ2n) is 3.91. The van der Waals surface area contributed by atoms with Crippen LogP contribution >= 0.6 is 0 Å². The van der Waals surface area contributed by atoms with Crippen molar-refractivity contribution in [3.05, 3.63) is 29.6 Å². The quantitative estimate of drug-likeness (QED) is 0.705. The molecule has 4 nitrogen and oxygen atoms in total. The number of rotatable bonds is 2. The fourth-order valence-corrected chi connectivity index (χ4v) is 2.03. The molecule has 84 valence electrons. The average molecular weight is 219 g/mol.